The van der Waals surface area contributed by atoms with E-state index < -0.39 is 0 Å². The molecule has 1 amide bonds. The first-order valence-corrected chi connectivity index (χ1v) is 8.79. The van der Waals surface area contributed by atoms with Crippen molar-refractivity contribution in [1.82, 2.24) is 5.32 Å². The molecule has 0 saturated carbocycles. The molecule has 0 spiro atoms. The van der Waals surface area contributed by atoms with Gasteiger partial charge in [-0.25, -0.2) is 0 Å². The van der Waals surface area contributed by atoms with Crippen molar-refractivity contribution in [3.05, 3.63) is 65.7 Å². The van der Waals surface area contributed by atoms with Crippen LogP contribution in [0.15, 0.2) is 54.6 Å². The van der Waals surface area contributed by atoms with Crippen LogP contribution in [0.4, 0.5) is 5.69 Å². The summed E-state index contributed by atoms with van der Waals surface area (Å²) in [5.41, 5.74) is 3.16. The quantitative estimate of drug-likeness (QED) is 0.684. The molecule has 134 valence electrons. The van der Waals surface area contributed by atoms with Gasteiger partial charge >= 0.3 is 0 Å². The monoisotopic (exact) mass is 340 g/mol. The number of hydrogen-bond acceptors (Lipinski definition) is 3. The number of carbonyl (C=O) groups excluding carboxylic acids is 1. The Morgan fingerprint density at radius 1 is 1.04 bits per heavy atom. The summed E-state index contributed by atoms with van der Waals surface area (Å²) in [5, 5.41) is 16.2. The number of hydrogen-bond donors (Lipinski definition) is 3. The van der Waals surface area contributed by atoms with E-state index in [9.17, 15) is 9.90 Å². The van der Waals surface area contributed by atoms with Gasteiger partial charge in [-0.3, -0.25) is 4.79 Å². The van der Waals surface area contributed by atoms with Crippen LogP contribution < -0.4 is 10.6 Å². The normalized spacial score (nSPS) is 14.6. The highest BCUT2D eigenvalue weighted by atomic mass is 16.3. The Hall–Kier alpha value is -2.17. The van der Waals surface area contributed by atoms with E-state index in [-0.39, 0.29) is 24.0 Å². The molecule has 3 atom stereocenters. The smallest absolute Gasteiger partial charge is 0.221 e. The molecule has 2 aromatic carbocycles. The van der Waals surface area contributed by atoms with Crippen molar-refractivity contribution in [1.29, 1.82) is 0 Å². The molecule has 0 radical (unpaired) electrons. The Morgan fingerprint density at radius 3 is 2.36 bits per heavy atom. The minimum atomic E-state index is -0.342. The lowest BCUT2D eigenvalue weighted by atomic mass is 9.93. The van der Waals surface area contributed by atoms with Crippen LogP contribution in [0.25, 0.3) is 0 Å². The lowest BCUT2D eigenvalue weighted by Crippen LogP contribution is -2.26. The summed E-state index contributed by atoms with van der Waals surface area (Å²) in [6, 6.07) is 18.3. The summed E-state index contributed by atoms with van der Waals surface area (Å²) in [7, 11) is 0. The summed E-state index contributed by atoms with van der Waals surface area (Å²) in [6.45, 7) is 6.23. The van der Waals surface area contributed by atoms with E-state index in [1.807, 2.05) is 43.3 Å². The Balaban J connectivity index is 2.03. The molecule has 0 aliphatic carbocycles. The fourth-order valence-electron chi connectivity index (χ4n) is 3.00. The van der Waals surface area contributed by atoms with Crippen LogP contribution in [0.3, 0.4) is 0 Å². The van der Waals surface area contributed by atoms with Crippen molar-refractivity contribution >= 4 is 11.6 Å². The highest BCUT2D eigenvalue weighted by Gasteiger charge is 2.16. The third-order valence-electron chi connectivity index (χ3n) is 4.27. The number of anilines is 1. The van der Waals surface area contributed by atoms with Gasteiger partial charge in [-0.1, -0.05) is 42.5 Å². The average Bonchev–Trinajstić information content (AvgIpc) is 2.58. The minimum absolute atomic E-state index is 0.0705. The highest BCUT2D eigenvalue weighted by Crippen LogP contribution is 2.23. The van der Waals surface area contributed by atoms with E-state index in [0.29, 0.717) is 0 Å². The maximum atomic E-state index is 11.2. The number of aliphatic hydroxyl groups excluding tert-OH is 1. The maximum Gasteiger partial charge on any atom is 0.221 e. The van der Waals surface area contributed by atoms with Crippen LogP contribution in [-0.4, -0.2) is 23.7 Å². The zero-order valence-electron chi connectivity index (χ0n) is 15.2. The van der Waals surface area contributed by atoms with E-state index >= 15 is 0 Å². The Labute approximate surface area is 150 Å². The zero-order chi connectivity index (χ0) is 18.2. The second-order valence-electron chi connectivity index (χ2n) is 6.63. The molecule has 4 nitrogen and oxygen atoms in total. The van der Waals surface area contributed by atoms with E-state index in [0.717, 1.165) is 24.2 Å². The zero-order valence-corrected chi connectivity index (χ0v) is 15.2. The summed E-state index contributed by atoms with van der Waals surface area (Å²) >= 11 is 0. The van der Waals surface area contributed by atoms with Gasteiger partial charge in [0.15, 0.2) is 0 Å². The van der Waals surface area contributed by atoms with Gasteiger partial charge in [-0.2, -0.15) is 0 Å². The molecule has 0 unspecified atom stereocenters. The molecule has 2 aromatic rings. The van der Waals surface area contributed by atoms with Gasteiger partial charge in [0.05, 0.1) is 6.10 Å². The molecule has 0 fully saturated rings. The van der Waals surface area contributed by atoms with Crippen molar-refractivity contribution in [2.75, 3.05) is 11.9 Å². The Morgan fingerprint density at radius 2 is 1.72 bits per heavy atom. The lowest BCUT2D eigenvalue weighted by molar-refractivity contribution is -0.114. The molecule has 0 aromatic heterocycles. The third kappa shape index (κ3) is 6.33. The van der Waals surface area contributed by atoms with Crippen LogP contribution >= 0.6 is 0 Å². The topological polar surface area (TPSA) is 61.4 Å². The first-order valence-electron chi connectivity index (χ1n) is 8.79. The maximum absolute atomic E-state index is 11.2. The molecular weight excluding hydrogens is 312 g/mol. The fourth-order valence-corrected chi connectivity index (χ4v) is 3.00. The van der Waals surface area contributed by atoms with Crippen LogP contribution in [0.5, 0.6) is 0 Å². The van der Waals surface area contributed by atoms with E-state index in [4.69, 9.17) is 0 Å². The van der Waals surface area contributed by atoms with Crippen LogP contribution in [0, 0.1) is 0 Å². The molecule has 0 saturated heterocycles. The van der Waals surface area contributed by atoms with Gasteiger partial charge in [0.25, 0.3) is 0 Å². The molecule has 4 heteroatoms. The van der Waals surface area contributed by atoms with Gasteiger partial charge in [0.1, 0.15) is 0 Å². The first kappa shape index (κ1) is 19.2. The third-order valence-corrected chi connectivity index (χ3v) is 4.27. The number of carbonyl (C=O) groups is 1. The predicted molar refractivity (Wildman–Crippen MR) is 103 cm³/mol. The molecule has 2 rings (SSSR count). The molecule has 0 bridgehead atoms. The molecule has 0 heterocycles. The van der Waals surface area contributed by atoms with Crippen molar-refractivity contribution in [2.24, 2.45) is 0 Å². The number of nitrogens with one attached hydrogen (secondary N) is 2. The van der Waals surface area contributed by atoms with Crippen molar-refractivity contribution in [3.8, 4) is 0 Å². The van der Waals surface area contributed by atoms with Crippen LogP contribution in [0.1, 0.15) is 50.3 Å². The number of rotatable bonds is 8. The average molecular weight is 340 g/mol. The summed E-state index contributed by atoms with van der Waals surface area (Å²) < 4.78 is 0. The van der Waals surface area contributed by atoms with E-state index in [1.54, 1.807) is 0 Å². The van der Waals surface area contributed by atoms with Crippen LogP contribution in [-0.2, 0) is 4.79 Å². The molecule has 3 N–H and O–H groups in total. The summed E-state index contributed by atoms with van der Waals surface area (Å²) in [4.78, 5) is 11.2. The van der Waals surface area contributed by atoms with E-state index in [2.05, 4.69) is 35.8 Å². The van der Waals surface area contributed by atoms with Gasteiger partial charge < -0.3 is 15.7 Å². The highest BCUT2D eigenvalue weighted by molar-refractivity contribution is 5.88. The predicted octanol–water partition coefficient (Wildman–Crippen LogP) is 3.85. The van der Waals surface area contributed by atoms with Crippen molar-refractivity contribution in [3.63, 3.8) is 0 Å². The van der Waals surface area contributed by atoms with Gasteiger partial charge in [0.2, 0.25) is 5.91 Å². The van der Waals surface area contributed by atoms with Gasteiger partial charge in [-0.15, -0.1) is 0 Å². The molecule has 0 aliphatic heterocycles. The molecule has 0 aliphatic rings. The second-order valence-corrected chi connectivity index (χ2v) is 6.63. The van der Waals surface area contributed by atoms with E-state index in [1.165, 1.54) is 12.5 Å². The van der Waals surface area contributed by atoms with Gasteiger partial charge in [-0.05, 0) is 49.4 Å². The fraction of sp³-hybridized carbons (Fsp3) is 0.381. The van der Waals surface area contributed by atoms with Gasteiger partial charge in [0, 0.05) is 25.2 Å². The Bertz CT molecular complexity index is 671. The lowest BCUT2D eigenvalue weighted by Gasteiger charge is -2.23. The molecule has 25 heavy (non-hydrogen) atoms. The Kier molecular flexibility index (Phi) is 7.16. The standard InChI is InChI=1S/C21H28N2O2/c1-15(24)12-20(18-8-5-4-6-9-18)14-22-16(2)19-10-7-11-21(13-19)23-17(3)25/h4-11,13,15-16,20,22,24H,12,14H2,1-3H3,(H,23,25)/t15-,16+,20+/m1/s1. The van der Waals surface area contributed by atoms with Crippen LogP contribution in [0.2, 0.25) is 0 Å². The number of aliphatic hydroxyl groups is 1. The minimum Gasteiger partial charge on any atom is -0.393 e. The SMILES string of the molecule is CC(=O)Nc1cccc([C@H](C)NC[C@H](C[C@@H](C)O)c2ccccc2)c1. The van der Waals surface area contributed by atoms with Crippen molar-refractivity contribution in [2.45, 2.75) is 45.3 Å². The molecular formula is C21H28N2O2. The summed E-state index contributed by atoms with van der Waals surface area (Å²) in [6.07, 6.45) is 0.376. The summed E-state index contributed by atoms with van der Waals surface area (Å²) in [5.74, 6) is 0.181. The number of amides is 1. The number of benzene rings is 2. The second kappa shape index (κ2) is 9.35. The van der Waals surface area contributed by atoms with Crippen molar-refractivity contribution < 1.29 is 9.90 Å². The largest absolute Gasteiger partial charge is 0.393 e. The first-order chi connectivity index (χ1) is 12.0.